The molecule has 5 aliphatic rings. The molecule has 204 valence electrons. The molecule has 2 saturated carbocycles. The van der Waals surface area contributed by atoms with Gasteiger partial charge in [0.15, 0.2) is 23.3 Å². The molecule has 1 aromatic carbocycles. The number of phenolic OH excluding ortho intramolecular Hbond substituents is 1. The molecular formula is C31H38O7. The number of esters is 1. The zero-order chi connectivity index (χ0) is 27.6. The van der Waals surface area contributed by atoms with Gasteiger partial charge in [-0.1, -0.05) is 45.1 Å². The van der Waals surface area contributed by atoms with Crippen LogP contribution in [0.2, 0.25) is 0 Å². The summed E-state index contributed by atoms with van der Waals surface area (Å²) in [6, 6.07) is 4.81. The Kier molecular flexibility index (Phi) is 5.29. The second kappa shape index (κ2) is 7.80. The molecule has 2 N–H and O–H groups in total. The number of ether oxygens (including phenoxy) is 3. The summed E-state index contributed by atoms with van der Waals surface area (Å²) in [4.78, 5) is 28.3. The number of phenols is 1. The van der Waals surface area contributed by atoms with Gasteiger partial charge in [-0.15, -0.1) is 0 Å². The number of carbonyl (C=O) groups excluding carboxylic acids is 2. The standard InChI is InChI=1S/C31H38O7/c1-15-9-8-10-21(32)22(15)27(34)37-25-16(2)13-30-17(3)11-20-23(28(20,4)5)19(24(30)33)12-18-14-36-29(6,7)38-26(18)31(25,30)35/h8-10,12-13,17,19-20,23,25-26,32,35H,11,14H2,1-7H3/t17-,19+,20-,23+,25+,26-,30+,31-/m1/s1. The van der Waals surface area contributed by atoms with Crippen molar-refractivity contribution in [1.82, 2.24) is 0 Å². The Bertz CT molecular complexity index is 1280. The molecule has 0 aromatic heterocycles. The summed E-state index contributed by atoms with van der Waals surface area (Å²) in [5.74, 6) is -2.08. The quantitative estimate of drug-likeness (QED) is 0.436. The fraction of sp³-hybridized carbons (Fsp3) is 0.613. The minimum absolute atomic E-state index is 0.0203. The number of rotatable bonds is 2. The number of benzene rings is 1. The first-order valence-corrected chi connectivity index (χ1v) is 13.6. The van der Waals surface area contributed by atoms with Gasteiger partial charge in [0.2, 0.25) is 0 Å². The minimum Gasteiger partial charge on any atom is -0.507 e. The Morgan fingerprint density at radius 3 is 2.55 bits per heavy atom. The van der Waals surface area contributed by atoms with Crippen molar-refractivity contribution in [3.05, 3.63) is 52.6 Å². The molecule has 4 aliphatic carbocycles. The van der Waals surface area contributed by atoms with Gasteiger partial charge < -0.3 is 24.4 Å². The number of allylic oxidation sites excluding steroid dienone is 1. The van der Waals surface area contributed by atoms with Crippen molar-refractivity contribution < 1.29 is 34.0 Å². The molecule has 1 spiro atoms. The van der Waals surface area contributed by atoms with Crippen LogP contribution >= 0.6 is 0 Å². The number of ketones is 1. The van der Waals surface area contributed by atoms with Crippen molar-refractivity contribution in [2.75, 3.05) is 6.61 Å². The highest BCUT2D eigenvalue weighted by molar-refractivity contribution is 5.97. The maximum absolute atomic E-state index is 14.7. The van der Waals surface area contributed by atoms with Crippen molar-refractivity contribution in [2.24, 2.45) is 34.5 Å². The van der Waals surface area contributed by atoms with E-state index in [-0.39, 0.29) is 46.9 Å². The lowest BCUT2D eigenvalue weighted by molar-refractivity contribution is -0.302. The van der Waals surface area contributed by atoms with Crippen LogP contribution in [0.4, 0.5) is 0 Å². The first-order chi connectivity index (χ1) is 17.7. The number of aliphatic hydroxyl groups is 1. The largest absolute Gasteiger partial charge is 0.507 e. The maximum atomic E-state index is 14.7. The first kappa shape index (κ1) is 25.8. The Morgan fingerprint density at radius 2 is 1.87 bits per heavy atom. The third-order valence-electron chi connectivity index (χ3n) is 10.4. The zero-order valence-corrected chi connectivity index (χ0v) is 23.2. The van der Waals surface area contributed by atoms with Crippen LogP contribution < -0.4 is 0 Å². The van der Waals surface area contributed by atoms with Crippen molar-refractivity contribution in [3.8, 4) is 5.75 Å². The summed E-state index contributed by atoms with van der Waals surface area (Å²) in [5.41, 5.74) is -1.25. The van der Waals surface area contributed by atoms with Crippen molar-refractivity contribution in [1.29, 1.82) is 0 Å². The van der Waals surface area contributed by atoms with Gasteiger partial charge >= 0.3 is 5.97 Å². The van der Waals surface area contributed by atoms with Gasteiger partial charge in [0, 0.05) is 5.92 Å². The fourth-order valence-corrected chi connectivity index (χ4v) is 8.38. The van der Waals surface area contributed by atoms with Gasteiger partial charge in [0.05, 0.1) is 12.0 Å². The van der Waals surface area contributed by atoms with E-state index < -0.39 is 35.0 Å². The van der Waals surface area contributed by atoms with E-state index in [2.05, 4.69) is 13.8 Å². The Balaban J connectivity index is 1.53. The Hall–Kier alpha value is -2.48. The molecule has 38 heavy (non-hydrogen) atoms. The summed E-state index contributed by atoms with van der Waals surface area (Å²) in [5, 5.41) is 23.5. The van der Waals surface area contributed by atoms with E-state index in [9.17, 15) is 19.8 Å². The lowest BCUT2D eigenvalue weighted by Gasteiger charge is -2.52. The number of Topliss-reactive ketones (excluding diaryl/α,β-unsaturated/α-hetero) is 1. The number of carbonyl (C=O) groups is 2. The Morgan fingerprint density at radius 1 is 1.16 bits per heavy atom. The summed E-state index contributed by atoms with van der Waals surface area (Å²) in [6.45, 7) is 13.8. The highest BCUT2D eigenvalue weighted by Crippen LogP contribution is 2.72. The number of aromatic hydroxyl groups is 1. The predicted octanol–water partition coefficient (Wildman–Crippen LogP) is 4.49. The van der Waals surface area contributed by atoms with Gasteiger partial charge in [0.1, 0.15) is 17.4 Å². The molecule has 6 rings (SSSR count). The van der Waals surface area contributed by atoms with E-state index in [1.165, 1.54) is 6.07 Å². The minimum atomic E-state index is -1.88. The smallest absolute Gasteiger partial charge is 0.342 e. The lowest BCUT2D eigenvalue weighted by Crippen LogP contribution is -2.68. The van der Waals surface area contributed by atoms with Gasteiger partial charge in [0.25, 0.3) is 0 Å². The molecule has 3 fully saturated rings. The molecule has 1 saturated heterocycles. The average Bonchev–Trinajstić information content (AvgIpc) is 3.31. The molecule has 0 unspecified atom stereocenters. The van der Waals surface area contributed by atoms with Gasteiger partial charge in [-0.05, 0) is 80.1 Å². The Labute approximate surface area is 223 Å². The summed E-state index contributed by atoms with van der Waals surface area (Å²) >= 11 is 0. The summed E-state index contributed by atoms with van der Waals surface area (Å²) < 4.78 is 18.6. The van der Waals surface area contributed by atoms with Gasteiger partial charge in [-0.25, -0.2) is 4.79 Å². The molecule has 8 atom stereocenters. The van der Waals surface area contributed by atoms with Crippen LogP contribution in [0.25, 0.3) is 0 Å². The van der Waals surface area contributed by atoms with Crippen LogP contribution in [0.1, 0.15) is 63.9 Å². The van der Waals surface area contributed by atoms with E-state index >= 15 is 0 Å². The first-order valence-electron chi connectivity index (χ1n) is 13.6. The molecule has 7 heteroatoms. The molecule has 2 bridgehead atoms. The van der Waals surface area contributed by atoms with Crippen LogP contribution in [-0.2, 0) is 19.0 Å². The number of hydrogen-bond acceptors (Lipinski definition) is 7. The number of hydrogen-bond donors (Lipinski definition) is 2. The molecule has 1 heterocycles. The fourth-order valence-electron chi connectivity index (χ4n) is 8.38. The van der Waals surface area contributed by atoms with E-state index in [4.69, 9.17) is 14.2 Å². The van der Waals surface area contributed by atoms with Crippen molar-refractivity contribution in [2.45, 2.75) is 78.5 Å². The second-order valence-electron chi connectivity index (χ2n) is 13.2. The summed E-state index contributed by atoms with van der Waals surface area (Å²) in [6.07, 6.45) is 2.56. The monoisotopic (exact) mass is 522 g/mol. The van der Waals surface area contributed by atoms with E-state index in [1.807, 2.05) is 19.1 Å². The van der Waals surface area contributed by atoms with Crippen LogP contribution in [0.15, 0.2) is 41.5 Å². The highest BCUT2D eigenvalue weighted by atomic mass is 16.7. The summed E-state index contributed by atoms with van der Waals surface area (Å²) in [7, 11) is 0. The van der Waals surface area contributed by atoms with Gasteiger partial charge in [-0.3, -0.25) is 4.79 Å². The lowest BCUT2D eigenvalue weighted by atomic mass is 9.59. The second-order valence-corrected chi connectivity index (χ2v) is 13.2. The molecule has 0 radical (unpaired) electrons. The van der Waals surface area contributed by atoms with Crippen LogP contribution in [0.5, 0.6) is 5.75 Å². The predicted molar refractivity (Wildman–Crippen MR) is 139 cm³/mol. The van der Waals surface area contributed by atoms with Crippen LogP contribution in [-0.4, -0.2) is 52.2 Å². The molecule has 7 nitrogen and oxygen atoms in total. The third-order valence-corrected chi connectivity index (χ3v) is 10.4. The number of fused-ring (bicyclic) bond motifs is 5. The van der Waals surface area contributed by atoms with E-state index in [0.29, 0.717) is 22.6 Å². The topological polar surface area (TPSA) is 102 Å². The third kappa shape index (κ3) is 3.12. The maximum Gasteiger partial charge on any atom is 0.342 e. The highest BCUT2D eigenvalue weighted by Gasteiger charge is 2.77. The van der Waals surface area contributed by atoms with Crippen molar-refractivity contribution >= 4 is 11.8 Å². The van der Waals surface area contributed by atoms with Crippen LogP contribution in [0, 0.1) is 41.4 Å². The molecule has 1 aromatic rings. The van der Waals surface area contributed by atoms with E-state index in [0.717, 1.165) is 6.42 Å². The normalized spacial score (nSPS) is 41.9. The number of aryl methyl sites for hydroxylation is 1. The molecular weight excluding hydrogens is 484 g/mol. The average molecular weight is 523 g/mol. The molecule has 0 amide bonds. The van der Waals surface area contributed by atoms with Crippen molar-refractivity contribution in [3.63, 3.8) is 0 Å². The molecule has 1 aliphatic heterocycles. The van der Waals surface area contributed by atoms with Gasteiger partial charge in [-0.2, -0.15) is 0 Å². The SMILES string of the molecule is CC1=C[C@]23C(=O)[C@@H](C=C4COC(C)(C)O[C@H]4[C@]2(O)[C@H]1OC(=O)c1c(C)cccc1O)[C@H]1[C@@H](C[C@H]3C)C1(C)C. The zero-order valence-electron chi connectivity index (χ0n) is 23.2. The van der Waals surface area contributed by atoms with E-state index in [1.54, 1.807) is 39.8 Å². The van der Waals surface area contributed by atoms with Crippen LogP contribution in [0.3, 0.4) is 0 Å².